The molecule has 1 aromatic heterocycles. The molecule has 8 heteroatoms. The molecule has 0 radical (unpaired) electrons. The van der Waals surface area contributed by atoms with Crippen LogP contribution in [-0.4, -0.2) is 71.8 Å². The zero-order valence-corrected chi connectivity index (χ0v) is 18.0. The van der Waals surface area contributed by atoms with Crippen molar-refractivity contribution in [3.05, 3.63) is 60.0 Å². The van der Waals surface area contributed by atoms with Crippen molar-refractivity contribution in [1.82, 2.24) is 15.1 Å². The average Bonchev–Trinajstić information content (AvgIpc) is 2.84. The van der Waals surface area contributed by atoms with E-state index in [4.69, 9.17) is 0 Å². The molecule has 0 unspecified atom stereocenters. The van der Waals surface area contributed by atoms with Gasteiger partial charge in [-0.15, -0.1) is 10.2 Å². The highest BCUT2D eigenvalue weighted by molar-refractivity contribution is 7.99. The summed E-state index contributed by atoms with van der Waals surface area (Å²) in [4.78, 5) is 19.4. The molecule has 160 valence electrons. The fraction of sp³-hybridized carbons (Fsp3) is 0.348. The number of nitrogens with zero attached hydrogens (tertiary/aromatic N) is 5. The van der Waals surface area contributed by atoms with Gasteiger partial charge in [0.25, 0.3) is 5.91 Å². The van der Waals surface area contributed by atoms with E-state index < -0.39 is 0 Å². The van der Waals surface area contributed by atoms with Crippen LogP contribution >= 0.6 is 11.8 Å². The summed E-state index contributed by atoms with van der Waals surface area (Å²) in [5, 5.41) is 10.7. The number of piperazine rings is 1. The molecule has 2 fully saturated rings. The zero-order chi connectivity index (χ0) is 21.2. The first-order valence-electron chi connectivity index (χ1n) is 10.6. The quantitative estimate of drug-likeness (QED) is 0.627. The number of carbonyl (C=O) groups is 1. The second-order valence-electron chi connectivity index (χ2n) is 7.77. The van der Waals surface area contributed by atoms with Crippen LogP contribution in [0.2, 0.25) is 0 Å². The molecule has 2 saturated heterocycles. The molecule has 0 aliphatic carbocycles. The number of halogens is 1. The maximum atomic E-state index is 13.2. The molecule has 0 spiro atoms. The predicted octanol–water partition coefficient (Wildman–Crippen LogP) is 3.28. The molecule has 2 aliphatic rings. The maximum Gasteiger partial charge on any atom is 0.275 e. The lowest BCUT2D eigenvalue weighted by atomic mass is 10.1. The van der Waals surface area contributed by atoms with Gasteiger partial charge in [-0.2, -0.15) is 11.8 Å². The third-order valence-corrected chi connectivity index (χ3v) is 6.88. The predicted molar refractivity (Wildman–Crippen MR) is 124 cm³/mol. The van der Waals surface area contributed by atoms with Gasteiger partial charge in [-0.1, -0.05) is 24.3 Å². The van der Waals surface area contributed by atoms with E-state index in [-0.39, 0.29) is 11.7 Å². The maximum absolute atomic E-state index is 13.2. The van der Waals surface area contributed by atoms with E-state index in [1.807, 2.05) is 53.1 Å². The van der Waals surface area contributed by atoms with Gasteiger partial charge in [0.2, 0.25) is 0 Å². The van der Waals surface area contributed by atoms with Crippen LogP contribution in [0, 0.1) is 5.82 Å². The summed E-state index contributed by atoms with van der Waals surface area (Å²) < 4.78 is 13.2. The Kier molecular flexibility index (Phi) is 5.63. The second kappa shape index (κ2) is 8.70. The molecule has 6 nitrogen and oxygen atoms in total. The Morgan fingerprint density at radius 3 is 2.16 bits per heavy atom. The normalized spacial score (nSPS) is 17.3. The van der Waals surface area contributed by atoms with Crippen molar-refractivity contribution >= 4 is 39.9 Å². The first-order chi connectivity index (χ1) is 15.2. The Labute approximate surface area is 185 Å². The summed E-state index contributed by atoms with van der Waals surface area (Å²) >= 11 is 1.88. The highest BCUT2D eigenvalue weighted by atomic mass is 32.2. The van der Waals surface area contributed by atoms with Crippen molar-refractivity contribution in [3.63, 3.8) is 0 Å². The molecule has 0 atom stereocenters. The van der Waals surface area contributed by atoms with Gasteiger partial charge in [0.15, 0.2) is 11.5 Å². The van der Waals surface area contributed by atoms with E-state index >= 15 is 0 Å². The summed E-state index contributed by atoms with van der Waals surface area (Å²) in [5.74, 6) is 2.50. The van der Waals surface area contributed by atoms with Gasteiger partial charge in [-0.05, 0) is 24.3 Å². The van der Waals surface area contributed by atoms with Crippen LogP contribution in [0.25, 0.3) is 10.8 Å². The largest absolute Gasteiger partial charge is 0.368 e. The van der Waals surface area contributed by atoms with Crippen LogP contribution in [0.15, 0.2) is 48.5 Å². The summed E-state index contributed by atoms with van der Waals surface area (Å²) in [6.45, 7) is 4.71. The van der Waals surface area contributed by atoms with Gasteiger partial charge >= 0.3 is 0 Å². The van der Waals surface area contributed by atoms with E-state index in [2.05, 4.69) is 20.0 Å². The Hall–Kier alpha value is -2.87. The lowest BCUT2D eigenvalue weighted by molar-refractivity contribution is 0.0767. The topological polar surface area (TPSA) is 52.6 Å². The number of fused-ring (bicyclic) bond motifs is 1. The van der Waals surface area contributed by atoms with Gasteiger partial charge in [-0.25, -0.2) is 4.39 Å². The number of carbonyl (C=O) groups excluding carboxylic acids is 1. The van der Waals surface area contributed by atoms with Crippen molar-refractivity contribution in [2.75, 3.05) is 60.6 Å². The van der Waals surface area contributed by atoms with Gasteiger partial charge in [0.1, 0.15) is 5.82 Å². The molecule has 5 rings (SSSR count). The summed E-state index contributed by atoms with van der Waals surface area (Å²) in [6.07, 6.45) is 0. The molecule has 3 aromatic rings. The number of aromatic nitrogens is 2. The molecular weight excluding hydrogens is 413 g/mol. The summed E-state index contributed by atoms with van der Waals surface area (Å²) in [5.41, 5.74) is 1.47. The van der Waals surface area contributed by atoms with Crippen molar-refractivity contribution in [3.8, 4) is 0 Å². The standard InChI is InChI=1S/C23H24FN5OS/c24-17-5-7-18(8-6-17)27-9-11-28(12-10-27)22-20-4-2-1-3-19(20)21(25-26-22)23(30)29-13-15-31-16-14-29/h1-8H,9-16H2. The number of amides is 1. The Morgan fingerprint density at radius 2 is 1.45 bits per heavy atom. The molecular formula is C23H24FN5OS. The van der Waals surface area contributed by atoms with Crippen molar-refractivity contribution in [2.24, 2.45) is 0 Å². The lowest BCUT2D eigenvalue weighted by Gasteiger charge is -2.37. The third kappa shape index (κ3) is 4.04. The smallest absolute Gasteiger partial charge is 0.275 e. The highest BCUT2D eigenvalue weighted by Gasteiger charge is 2.25. The molecule has 31 heavy (non-hydrogen) atoms. The number of hydrogen-bond acceptors (Lipinski definition) is 6. The third-order valence-electron chi connectivity index (χ3n) is 5.94. The lowest BCUT2D eigenvalue weighted by Crippen LogP contribution is -2.47. The number of benzene rings is 2. The molecule has 3 heterocycles. The van der Waals surface area contributed by atoms with Gasteiger partial charge in [0.05, 0.1) is 0 Å². The molecule has 0 N–H and O–H groups in total. The fourth-order valence-corrected chi connectivity index (χ4v) is 5.13. The molecule has 0 saturated carbocycles. The number of anilines is 2. The Balaban J connectivity index is 1.38. The second-order valence-corrected chi connectivity index (χ2v) is 9.00. The monoisotopic (exact) mass is 437 g/mol. The van der Waals surface area contributed by atoms with Crippen LogP contribution in [0.5, 0.6) is 0 Å². The minimum atomic E-state index is -0.220. The first kappa shape index (κ1) is 20.1. The summed E-state index contributed by atoms with van der Waals surface area (Å²) in [7, 11) is 0. The number of hydrogen-bond donors (Lipinski definition) is 0. The number of rotatable bonds is 3. The summed E-state index contributed by atoms with van der Waals surface area (Å²) in [6, 6.07) is 14.5. The van der Waals surface area contributed by atoms with Gasteiger partial charge in [0, 0.05) is 67.2 Å². The molecule has 2 aromatic carbocycles. The minimum Gasteiger partial charge on any atom is -0.368 e. The van der Waals surface area contributed by atoms with E-state index in [0.717, 1.165) is 73.1 Å². The van der Waals surface area contributed by atoms with Crippen LogP contribution < -0.4 is 9.80 Å². The van der Waals surface area contributed by atoms with Crippen molar-refractivity contribution < 1.29 is 9.18 Å². The van der Waals surface area contributed by atoms with Gasteiger partial charge in [-0.3, -0.25) is 4.79 Å². The molecule has 0 bridgehead atoms. The van der Waals surface area contributed by atoms with Crippen molar-refractivity contribution in [1.29, 1.82) is 0 Å². The average molecular weight is 438 g/mol. The van der Waals surface area contributed by atoms with Crippen LogP contribution in [-0.2, 0) is 0 Å². The Bertz CT molecular complexity index is 1080. The highest BCUT2D eigenvalue weighted by Crippen LogP contribution is 2.28. The van der Waals surface area contributed by atoms with E-state index in [0.29, 0.717) is 5.69 Å². The fourth-order valence-electron chi connectivity index (χ4n) is 4.23. The van der Waals surface area contributed by atoms with E-state index in [1.165, 1.54) is 12.1 Å². The molecule has 1 amide bonds. The van der Waals surface area contributed by atoms with Crippen molar-refractivity contribution in [2.45, 2.75) is 0 Å². The Morgan fingerprint density at radius 1 is 0.806 bits per heavy atom. The van der Waals surface area contributed by atoms with E-state index in [1.54, 1.807) is 0 Å². The minimum absolute atomic E-state index is 0.0309. The van der Waals surface area contributed by atoms with E-state index in [9.17, 15) is 9.18 Å². The molecule has 2 aliphatic heterocycles. The van der Waals surface area contributed by atoms with Gasteiger partial charge < -0.3 is 14.7 Å². The van der Waals surface area contributed by atoms with Crippen LogP contribution in [0.3, 0.4) is 0 Å². The SMILES string of the molecule is O=C(c1nnc(N2CCN(c3ccc(F)cc3)CC2)c2ccccc12)N1CCSCC1. The van der Waals surface area contributed by atoms with Crippen LogP contribution in [0.1, 0.15) is 10.5 Å². The van der Waals surface area contributed by atoms with Crippen LogP contribution in [0.4, 0.5) is 15.9 Å². The first-order valence-corrected chi connectivity index (χ1v) is 11.7. The zero-order valence-electron chi connectivity index (χ0n) is 17.2. The number of thioether (sulfide) groups is 1.